The molecule has 17 heavy (non-hydrogen) atoms. The van der Waals surface area contributed by atoms with E-state index < -0.39 is 0 Å². The standard InChI is InChI=1S/C11H13BrN2O2S/c12-9-1-2-11(14(15)16)10(5-9)13-6-8-3-4-17-7-8/h1-2,5,8,13H,3-4,6-7H2. The van der Waals surface area contributed by atoms with Gasteiger partial charge in [-0.1, -0.05) is 15.9 Å². The molecule has 1 fully saturated rings. The number of nitrogens with zero attached hydrogens (tertiary/aromatic N) is 1. The van der Waals surface area contributed by atoms with Crippen LogP contribution in [0.25, 0.3) is 0 Å². The Kier molecular flexibility index (Phi) is 4.28. The molecule has 1 aromatic rings. The van der Waals surface area contributed by atoms with Gasteiger partial charge in [0.05, 0.1) is 4.92 Å². The number of hydrogen-bond acceptors (Lipinski definition) is 4. The van der Waals surface area contributed by atoms with Gasteiger partial charge in [0.1, 0.15) is 5.69 Å². The third kappa shape index (κ3) is 3.35. The van der Waals surface area contributed by atoms with Crippen molar-refractivity contribution in [2.24, 2.45) is 5.92 Å². The number of nitro groups is 1. The number of thioether (sulfide) groups is 1. The van der Waals surface area contributed by atoms with Crippen LogP contribution in [0, 0.1) is 16.0 Å². The second-order valence-corrected chi connectivity index (χ2v) is 6.09. The Hall–Kier alpha value is -0.750. The Labute approximate surface area is 112 Å². The molecule has 0 bridgehead atoms. The molecule has 0 amide bonds. The maximum absolute atomic E-state index is 10.9. The van der Waals surface area contributed by atoms with Gasteiger partial charge in [0.2, 0.25) is 0 Å². The van der Waals surface area contributed by atoms with Gasteiger partial charge in [0, 0.05) is 17.1 Å². The van der Waals surface area contributed by atoms with Crippen molar-refractivity contribution in [3.63, 3.8) is 0 Å². The zero-order valence-electron chi connectivity index (χ0n) is 9.19. The summed E-state index contributed by atoms with van der Waals surface area (Å²) in [4.78, 5) is 10.5. The molecule has 1 N–H and O–H groups in total. The van der Waals surface area contributed by atoms with E-state index in [1.807, 2.05) is 11.8 Å². The van der Waals surface area contributed by atoms with E-state index in [1.54, 1.807) is 12.1 Å². The second-order valence-electron chi connectivity index (χ2n) is 4.03. The lowest BCUT2D eigenvalue weighted by atomic mass is 10.1. The summed E-state index contributed by atoms with van der Waals surface area (Å²) in [5, 5.41) is 14.1. The van der Waals surface area contributed by atoms with Gasteiger partial charge >= 0.3 is 0 Å². The van der Waals surface area contributed by atoms with Gasteiger partial charge in [-0.3, -0.25) is 10.1 Å². The highest BCUT2D eigenvalue weighted by Gasteiger charge is 2.18. The fourth-order valence-corrected chi connectivity index (χ4v) is 3.45. The number of nitrogens with one attached hydrogen (secondary N) is 1. The van der Waals surface area contributed by atoms with E-state index in [4.69, 9.17) is 0 Å². The summed E-state index contributed by atoms with van der Waals surface area (Å²) >= 11 is 5.28. The van der Waals surface area contributed by atoms with Crippen molar-refractivity contribution in [3.8, 4) is 0 Å². The molecule has 1 aromatic carbocycles. The molecule has 1 aliphatic rings. The van der Waals surface area contributed by atoms with Crippen LogP contribution in [0.15, 0.2) is 22.7 Å². The maximum Gasteiger partial charge on any atom is 0.292 e. The number of rotatable bonds is 4. The lowest BCUT2D eigenvalue weighted by Crippen LogP contribution is -2.14. The van der Waals surface area contributed by atoms with Gasteiger partial charge in [0.15, 0.2) is 0 Å². The largest absolute Gasteiger partial charge is 0.379 e. The first-order valence-electron chi connectivity index (χ1n) is 5.42. The molecule has 1 unspecified atom stereocenters. The molecule has 4 nitrogen and oxygen atoms in total. The molecule has 2 rings (SSSR count). The van der Waals surface area contributed by atoms with Crippen LogP contribution in [-0.4, -0.2) is 23.0 Å². The second kappa shape index (κ2) is 5.73. The van der Waals surface area contributed by atoms with Crippen LogP contribution in [0.3, 0.4) is 0 Å². The van der Waals surface area contributed by atoms with Crippen molar-refractivity contribution in [1.82, 2.24) is 0 Å². The zero-order valence-corrected chi connectivity index (χ0v) is 11.6. The monoisotopic (exact) mass is 316 g/mol. The average Bonchev–Trinajstić information content (AvgIpc) is 2.78. The van der Waals surface area contributed by atoms with Crippen LogP contribution in [0.2, 0.25) is 0 Å². The van der Waals surface area contributed by atoms with Crippen LogP contribution < -0.4 is 5.32 Å². The molecule has 0 aromatic heterocycles. The molecule has 1 aliphatic heterocycles. The molecule has 1 saturated heterocycles. The van der Waals surface area contributed by atoms with Crippen LogP contribution in [0.4, 0.5) is 11.4 Å². The third-order valence-electron chi connectivity index (χ3n) is 2.76. The van der Waals surface area contributed by atoms with Crippen molar-refractivity contribution in [2.45, 2.75) is 6.42 Å². The number of hydrogen-bond donors (Lipinski definition) is 1. The molecular formula is C11H13BrN2O2S. The van der Waals surface area contributed by atoms with E-state index in [-0.39, 0.29) is 10.6 Å². The van der Waals surface area contributed by atoms with Crippen molar-refractivity contribution in [3.05, 3.63) is 32.8 Å². The van der Waals surface area contributed by atoms with E-state index in [9.17, 15) is 10.1 Å². The quantitative estimate of drug-likeness (QED) is 0.682. The minimum atomic E-state index is -0.349. The smallest absolute Gasteiger partial charge is 0.292 e. The molecule has 92 valence electrons. The minimum absolute atomic E-state index is 0.138. The number of nitro benzene ring substituents is 1. The highest BCUT2D eigenvalue weighted by molar-refractivity contribution is 9.10. The zero-order chi connectivity index (χ0) is 12.3. The summed E-state index contributed by atoms with van der Waals surface area (Å²) < 4.78 is 0.853. The summed E-state index contributed by atoms with van der Waals surface area (Å²) in [6.45, 7) is 0.810. The van der Waals surface area contributed by atoms with Gasteiger partial charge in [0.25, 0.3) is 5.69 Å². The number of benzene rings is 1. The third-order valence-corrected chi connectivity index (χ3v) is 4.49. The van der Waals surface area contributed by atoms with Gasteiger partial charge in [-0.05, 0) is 36.0 Å². The molecule has 0 spiro atoms. The van der Waals surface area contributed by atoms with Crippen LogP contribution in [0.1, 0.15) is 6.42 Å². The first kappa shape index (κ1) is 12.7. The Balaban J connectivity index is 2.07. The summed E-state index contributed by atoms with van der Waals surface area (Å²) in [5.41, 5.74) is 0.736. The fraction of sp³-hybridized carbons (Fsp3) is 0.455. The molecule has 0 radical (unpaired) electrons. The number of halogens is 1. The minimum Gasteiger partial charge on any atom is -0.379 e. The molecular weight excluding hydrogens is 304 g/mol. The van der Waals surface area contributed by atoms with E-state index in [2.05, 4.69) is 21.2 Å². The number of anilines is 1. The Morgan fingerprint density at radius 3 is 3.06 bits per heavy atom. The summed E-state index contributed by atoms with van der Waals surface area (Å²) in [5.74, 6) is 2.97. The average molecular weight is 317 g/mol. The van der Waals surface area contributed by atoms with Gasteiger partial charge in [-0.15, -0.1) is 0 Å². The Morgan fingerprint density at radius 2 is 2.41 bits per heavy atom. The highest BCUT2D eigenvalue weighted by atomic mass is 79.9. The Morgan fingerprint density at radius 1 is 1.59 bits per heavy atom. The van der Waals surface area contributed by atoms with Crippen LogP contribution in [-0.2, 0) is 0 Å². The summed E-state index contributed by atoms with van der Waals surface area (Å²) in [6, 6.07) is 4.98. The SMILES string of the molecule is O=[N+]([O-])c1ccc(Br)cc1NCC1CCSC1. The Bertz CT molecular complexity index is 422. The molecule has 0 saturated carbocycles. The molecule has 1 heterocycles. The molecule has 6 heteroatoms. The van der Waals surface area contributed by atoms with Crippen molar-refractivity contribution >= 4 is 39.1 Å². The first-order valence-corrected chi connectivity index (χ1v) is 7.37. The van der Waals surface area contributed by atoms with Crippen molar-refractivity contribution in [1.29, 1.82) is 0 Å². The highest BCUT2D eigenvalue weighted by Crippen LogP contribution is 2.29. The summed E-state index contributed by atoms with van der Waals surface area (Å²) in [6.07, 6.45) is 1.19. The van der Waals surface area contributed by atoms with Gasteiger partial charge < -0.3 is 5.32 Å². The van der Waals surface area contributed by atoms with Crippen molar-refractivity contribution in [2.75, 3.05) is 23.4 Å². The molecule has 0 aliphatic carbocycles. The first-order chi connectivity index (χ1) is 8.16. The van der Waals surface area contributed by atoms with Crippen LogP contribution >= 0.6 is 27.7 Å². The van der Waals surface area contributed by atoms with Gasteiger partial charge in [-0.25, -0.2) is 0 Å². The van der Waals surface area contributed by atoms with E-state index in [0.717, 1.165) is 16.8 Å². The van der Waals surface area contributed by atoms with E-state index in [1.165, 1.54) is 18.2 Å². The molecule has 1 atom stereocenters. The summed E-state index contributed by atoms with van der Waals surface area (Å²) in [7, 11) is 0. The predicted octanol–water partition coefficient (Wildman–Crippen LogP) is 3.52. The van der Waals surface area contributed by atoms with E-state index in [0.29, 0.717) is 11.6 Å². The van der Waals surface area contributed by atoms with Crippen molar-refractivity contribution < 1.29 is 4.92 Å². The predicted molar refractivity (Wildman–Crippen MR) is 74.7 cm³/mol. The fourth-order valence-electron chi connectivity index (χ4n) is 1.81. The maximum atomic E-state index is 10.9. The van der Waals surface area contributed by atoms with Crippen LogP contribution in [0.5, 0.6) is 0 Å². The topological polar surface area (TPSA) is 55.2 Å². The normalized spacial score (nSPS) is 19.2. The van der Waals surface area contributed by atoms with Gasteiger partial charge in [-0.2, -0.15) is 11.8 Å². The van der Waals surface area contributed by atoms with E-state index >= 15 is 0 Å². The lowest BCUT2D eigenvalue weighted by Gasteiger charge is -2.11. The lowest BCUT2D eigenvalue weighted by molar-refractivity contribution is -0.384.